The Morgan fingerprint density at radius 2 is 1.71 bits per heavy atom. The van der Waals surface area contributed by atoms with Gasteiger partial charge in [-0.1, -0.05) is 0 Å². The molecule has 0 bridgehead atoms. The number of benzene rings is 1. The largest absolute Gasteiger partial charge is 0.544 e. The average molecular weight is 297 g/mol. The van der Waals surface area contributed by atoms with Crippen molar-refractivity contribution in [3.63, 3.8) is 0 Å². The zero-order valence-corrected chi connectivity index (χ0v) is 13.2. The molecule has 0 fully saturated rings. The van der Waals surface area contributed by atoms with Crippen LogP contribution in [0.15, 0.2) is 12.1 Å². The topological polar surface area (TPSA) is 78.8 Å². The Bertz CT molecular complexity index is 482. The molecule has 0 amide bonds. The van der Waals surface area contributed by atoms with Crippen molar-refractivity contribution in [2.24, 2.45) is 0 Å². The van der Waals surface area contributed by atoms with E-state index in [0.29, 0.717) is 24.3 Å². The number of carboxylic acids is 1. The van der Waals surface area contributed by atoms with Gasteiger partial charge in [0, 0.05) is 6.42 Å². The molecule has 1 atom stereocenters. The highest BCUT2D eigenvalue weighted by Gasteiger charge is 2.25. The highest BCUT2D eigenvalue weighted by molar-refractivity contribution is 5.69. The number of aromatic hydroxyl groups is 1. The molecule has 21 heavy (non-hydrogen) atoms. The van der Waals surface area contributed by atoms with Gasteiger partial charge in [0.15, 0.2) is 11.5 Å². The van der Waals surface area contributed by atoms with Crippen molar-refractivity contribution in [1.82, 2.24) is 0 Å². The molecule has 0 aliphatic heterocycles. The van der Waals surface area contributed by atoms with Crippen LogP contribution in [0, 0.1) is 0 Å². The van der Waals surface area contributed by atoms with Gasteiger partial charge in [-0.15, -0.1) is 0 Å². The lowest BCUT2D eigenvalue weighted by atomic mass is 10.0. The predicted molar refractivity (Wildman–Crippen MR) is 76.4 cm³/mol. The maximum atomic E-state index is 11.3. The number of likely N-dealkylation sites (N-methyl/N-ethyl adjacent to an activating group) is 1. The highest BCUT2D eigenvalue weighted by atomic mass is 16.5. The Labute approximate surface area is 125 Å². The Balaban J connectivity index is 2.95. The van der Waals surface area contributed by atoms with E-state index >= 15 is 0 Å². The zero-order valence-electron chi connectivity index (χ0n) is 13.2. The molecule has 0 aliphatic rings. The summed E-state index contributed by atoms with van der Waals surface area (Å²) in [7, 11) is 8.36. The summed E-state index contributed by atoms with van der Waals surface area (Å²) in [6.45, 7) is 0. The molecule has 0 saturated heterocycles. The summed E-state index contributed by atoms with van der Waals surface area (Å²) in [5, 5.41) is 21.1. The van der Waals surface area contributed by atoms with E-state index in [-0.39, 0.29) is 10.2 Å². The van der Waals surface area contributed by atoms with Gasteiger partial charge < -0.3 is 29.0 Å². The van der Waals surface area contributed by atoms with Crippen LogP contribution in [0.5, 0.6) is 17.2 Å². The van der Waals surface area contributed by atoms with Gasteiger partial charge in [0.25, 0.3) is 0 Å². The van der Waals surface area contributed by atoms with Gasteiger partial charge in [0.05, 0.1) is 41.3 Å². The SMILES string of the molecule is COc1cc(CC[C@@H](C(=O)[O-])[N+](C)(C)C)cc(OC)c1O. The summed E-state index contributed by atoms with van der Waals surface area (Å²) >= 11 is 0. The molecule has 0 unspecified atom stereocenters. The molecule has 0 aliphatic carbocycles. The molecule has 0 radical (unpaired) electrons. The maximum Gasteiger partial charge on any atom is 0.200 e. The number of methoxy groups -OCH3 is 2. The third-order valence-corrected chi connectivity index (χ3v) is 3.45. The Morgan fingerprint density at radius 1 is 1.24 bits per heavy atom. The van der Waals surface area contributed by atoms with Crippen LogP contribution in [0.2, 0.25) is 0 Å². The van der Waals surface area contributed by atoms with E-state index in [0.717, 1.165) is 5.56 Å². The molecule has 0 spiro atoms. The number of hydrogen-bond donors (Lipinski definition) is 1. The molecule has 6 nitrogen and oxygen atoms in total. The Kier molecular flexibility index (Phi) is 5.43. The van der Waals surface area contributed by atoms with Crippen molar-refractivity contribution in [2.75, 3.05) is 35.4 Å². The molecule has 1 aromatic rings. The van der Waals surface area contributed by atoms with Gasteiger partial charge in [-0.05, 0) is 24.1 Å². The fraction of sp³-hybridized carbons (Fsp3) is 0.533. The summed E-state index contributed by atoms with van der Waals surface area (Å²) in [4.78, 5) is 11.3. The average Bonchev–Trinajstić information content (AvgIpc) is 2.38. The summed E-state index contributed by atoms with van der Waals surface area (Å²) in [5.74, 6) is -0.522. The minimum atomic E-state index is -1.07. The van der Waals surface area contributed by atoms with Crippen LogP contribution in [0.4, 0.5) is 0 Å². The lowest BCUT2D eigenvalue weighted by Crippen LogP contribution is -2.54. The van der Waals surface area contributed by atoms with E-state index in [4.69, 9.17) is 9.47 Å². The van der Waals surface area contributed by atoms with Crippen LogP contribution in [0.25, 0.3) is 0 Å². The van der Waals surface area contributed by atoms with Gasteiger partial charge in [0.1, 0.15) is 6.04 Å². The normalized spacial score (nSPS) is 12.8. The van der Waals surface area contributed by atoms with Crippen LogP contribution in [0.3, 0.4) is 0 Å². The van der Waals surface area contributed by atoms with Crippen LogP contribution in [0.1, 0.15) is 12.0 Å². The molecule has 6 heteroatoms. The lowest BCUT2D eigenvalue weighted by molar-refractivity contribution is -0.889. The predicted octanol–water partition coefficient (Wildman–Crippen LogP) is 0.167. The van der Waals surface area contributed by atoms with Crippen molar-refractivity contribution < 1.29 is 29.0 Å². The summed E-state index contributed by atoms with van der Waals surface area (Å²) in [5.41, 5.74) is 0.834. The van der Waals surface area contributed by atoms with Gasteiger partial charge >= 0.3 is 0 Å². The number of aryl methyl sites for hydroxylation is 1. The van der Waals surface area contributed by atoms with E-state index in [1.807, 2.05) is 21.1 Å². The number of rotatable bonds is 7. The number of carbonyl (C=O) groups is 1. The Morgan fingerprint density at radius 3 is 2.05 bits per heavy atom. The number of ether oxygens (including phenoxy) is 2. The van der Waals surface area contributed by atoms with E-state index in [1.54, 1.807) is 12.1 Å². The number of nitrogens with zero attached hydrogens (tertiary/aromatic N) is 1. The monoisotopic (exact) mass is 297 g/mol. The molecule has 1 aromatic carbocycles. The molecular formula is C15H23NO5. The third kappa shape index (κ3) is 4.26. The maximum absolute atomic E-state index is 11.3. The number of phenols is 1. The molecular weight excluding hydrogens is 274 g/mol. The summed E-state index contributed by atoms with van der Waals surface area (Å²) in [6.07, 6.45) is 0.935. The van der Waals surface area contributed by atoms with Gasteiger partial charge in [-0.25, -0.2) is 0 Å². The fourth-order valence-corrected chi connectivity index (χ4v) is 2.22. The first-order valence-corrected chi connectivity index (χ1v) is 6.66. The van der Waals surface area contributed by atoms with Gasteiger partial charge in [0.2, 0.25) is 5.75 Å². The summed E-state index contributed by atoms with van der Waals surface area (Å²) in [6, 6.07) is 2.75. The van der Waals surface area contributed by atoms with E-state index in [9.17, 15) is 15.0 Å². The van der Waals surface area contributed by atoms with Crippen LogP contribution in [-0.2, 0) is 11.2 Å². The molecule has 1 N–H and O–H groups in total. The minimum Gasteiger partial charge on any atom is -0.544 e. The smallest absolute Gasteiger partial charge is 0.200 e. The number of carbonyl (C=O) groups excluding carboxylic acids is 1. The number of carboxylic acid groups (broad SMARTS) is 1. The van der Waals surface area contributed by atoms with Crippen LogP contribution < -0.4 is 14.6 Å². The third-order valence-electron chi connectivity index (χ3n) is 3.45. The van der Waals surface area contributed by atoms with E-state index < -0.39 is 12.0 Å². The second-order valence-electron chi connectivity index (χ2n) is 5.84. The molecule has 0 saturated carbocycles. The first kappa shape index (κ1) is 17.1. The van der Waals surface area contributed by atoms with Crippen LogP contribution >= 0.6 is 0 Å². The first-order valence-electron chi connectivity index (χ1n) is 6.66. The molecule has 1 rings (SSSR count). The van der Waals surface area contributed by atoms with Gasteiger partial charge in [-0.2, -0.15) is 0 Å². The Hall–Kier alpha value is -1.95. The van der Waals surface area contributed by atoms with Crippen molar-refractivity contribution in [1.29, 1.82) is 0 Å². The summed E-state index contributed by atoms with van der Waals surface area (Å²) < 4.78 is 10.5. The van der Waals surface area contributed by atoms with E-state index in [1.165, 1.54) is 14.2 Å². The first-order chi connectivity index (χ1) is 9.70. The molecule has 0 aromatic heterocycles. The lowest BCUT2D eigenvalue weighted by Gasteiger charge is -2.34. The molecule has 118 valence electrons. The highest BCUT2D eigenvalue weighted by Crippen LogP contribution is 2.37. The van der Waals surface area contributed by atoms with Crippen molar-refractivity contribution >= 4 is 5.97 Å². The molecule has 0 heterocycles. The van der Waals surface area contributed by atoms with Crippen molar-refractivity contribution in [3.05, 3.63) is 17.7 Å². The van der Waals surface area contributed by atoms with E-state index in [2.05, 4.69) is 0 Å². The van der Waals surface area contributed by atoms with Crippen molar-refractivity contribution in [3.8, 4) is 17.2 Å². The van der Waals surface area contributed by atoms with Crippen LogP contribution in [-0.4, -0.2) is 57.0 Å². The second-order valence-corrected chi connectivity index (χ2v) is 5.84. The number of phenolic OH excluding ortho intramolecular Hbond substituents is 1. The zero-order chi connectivity index (χ0) is 16.2. The van der Waals surface area contributed by atoms with Gasteiger partial charge in [-0.3, -0.25) is 0 Å². The second kappa shape index (κ2) is 6.67. The minimum absolute atomic E-state index is 0.0631. The number of aliphatic carboxylic acids is 1. The number of hydrogen-bond acceptors (Lipinski definition) is 5. The standard InChI is InChI=1S/C15H23NO5/c1-16(2,3)11(15(18)19)7-6-10-8-12(20-4)14(17)13(9-10)21-5/h8-9,11H,6-7H2,1-5H3,(H-,17,18,19)/t11-/m0/s1. The van der Waals surface area contributed by atoms with Crippen molar-refractivity contribution in [2.45, 2.75) is 18.9 Å². The quantitative estimate of drug-likeness (QED) is 0.726. The number of quaternary nitrogens is 1. The fourth-order valence-electron chi connectivity index (χ4n) is 2.22.